The van der Waals surface area contributed by atoms with E-state index in [1.807, 2.05) is 0 Å². The van der Waals surface area contributed by atoms with Gasteiger partial charge in [0.05, 0.1) is 0 Å². The summed E-state index contributed by atoms with van der Waals surface area (Å²) in [6, 6.07) is 3.35. The van der Waals surface area contributed by atoms with Gasteiger partial charge >= 0.3 is 6.03 Å². The Balaban J connectivity index is 2.24. The summed E-state index contributed by atoms with van der Waals surface area (Å²) < 4.78 is 0. The lowest BCUT2D eigenvalue weighted by Gasteiger charge is -2.28. The van der Waals surface area contributed by atoms with Crippen molar-refractivity contribution in [3.63, 3.8) is 0 Å². The number of likely N-dealkylation sites (N-methyl/N-ethyl adjacent to an activating group) is 2. The van der Waals surface area contributed by atoms with Crippen molar-refractivity contribution in [2.75, 3.05) is 14.1 Å². The van der Waals surface area contributed by atoms with Crippen LogP contribution in [-0.2, 0) is 16.0 Å². The number of urea groups is 1. The van der Waals surface area contributed by atoms with Crippen LogP contribution in [0.15, 0.2) is 29.8 Å². The third-order valence-corrected chi connectivity index (χ3v) is 3.40. The van der Waals surface area contributed by atoms with Crippen molar-refractivity contribution >= 4 is 23.6 Å². The van der Waals surface area contributed by atoms with Crippen LogP contribution in [0, 0.1) is 5.41 Å². The minimum Gasteiger partial charge on any atom is -0.504 e. The van der Waals surface area contributed by atoms with Crippen LogP contribution in [0.2, 0.25) is 0 Å². The van der Waals surface area contributed by atoms with Crippen LogP contribution in [0.1, 0.15) is 5.56 Å². The van der Waals surface area contributed by atoms with Gasteiger partial charge in [-0.15, -0.1) is 0 Å². The molecule has 1 aliphatic rings. The Morgan fingerprint density at radius 1 is 1.09 bits per heavy atom. The normalized spacial score (nSPS) is 15.2. The van der Waals surface area contributed by atoms with E-state index >= 15 is 0 Å². The maximum atomic E-state index is 12.0. The zero-order valence-corrected chi connectivity index (χ0v) is 12.5. The number of allylic oxidation sites excluding steroid dienone is 1. The van der Waals surface area contributed by atoms with Gasteiger partial charge in [0.15, 0.2) is 11.5 Å². The fourth-order valence-electron chi connectivity index (χ4n) is 2.10. The zero-order valence-electron chi connectivity index (χ0n) is 12.5. The minimum atomic E-state index is -0.767. The van der Waals surface area contributed by atoms with E-state index in [2.05, 4.69) is 0 Å². The van der Waals surface area contributed by atoms with Crippen LogP contribution in [0.3, 0.4) is 0 Å². The van der Waals surface area contributed by atoms with Gasteiger partial charge in [0, 0.05) is 26.2 Å². The first kappa shape index (κ1) is 16.2. The second-order valence-electron chi connectivity index (χ2n) is 5.09. The molecule has 0 saturated carbocycles. The molecule has 1 aliphatic heterocycles. The molecule has 0 unspecified atom stereocenters. The average Bonchev–Trinajstić information content (AvgIpc) is 2.51. The molecule has 1 fully saturated rings. The van der Waals surface area contributed by atoms with E-state index in [0.29, 0.717) is 5.56 Å². The molecular formula is C15H15N3O5. The molecule has 1 heterocycles. The topological polar surface area (TPSA) is 122 Å². The van der Waals surface area contributed by atoms with Gasteiger partial charge in [-0.25, -0.2) is 4.79 Å². The van der Waals surface area contributed by atoms with Crippen LogP contribution in [-0.4, -0.2) is 57.7 Å². The Morgan fingerprint density at radius 3 is 2.17 bits per heavy atom. The summed E-state index contributed by atoms with van der Waals surface area (Å²) in [5, 5.41) is 26.6. The minimum absolute atomic E-state index is 0.0409. The lowest BCUT2D eigenvalue weighted by Crippen LogP contribution is -2.53. The number of barbiturate groups is 1. The highest BCUT2D eigenvalue weighted by atomic mass is 16.3. The maximum absolute atomic E-state index is 12.0. The molecule has 120 valence electrons. The van der Waals surface area contributed by atoms with Crippen LogP contribution in [0.5, 0.6) is 11.5 Å². The fourth-order valence-corrected chi connectivity index (χ4v) is 2.10. The van der Waals surface area contributed by atoms with Crippen molar-refractivity contribution in [1.29, 1.82) is 5.41 Å². The number of phenolic OH excluding ortho intramolecular Hbond substituents is 2. The number of carbonyl (C=O) groups excluding carboxylic acids is 3. The van der Waals surface area contributed by atoms with E-state index in [4.69, 9.17) is 5.41 Å². The van der Waals surface area contributed by atoms with Gasteiger partial charge in [-0.1, -0.05) is 6.07 Å². The number of hydrogen-bond acceptors (Lipinski definition) is 6. The van der Waals surface area contributed by atoms with Gasteiger partial charge in [0.2, 0.25) is 0 Å². The number of imide groups is 2. The molecule has 0 aromatic heterocycles. The van der Waals surface area contributed by atoms with Gasteiger partial charge < -0.3 is 15.6 Å². The molecule has 0 aliphatic carbocycles. The number of benzene rings is 1. The van der Waals surface area contributed by atoms with E-state index in [-0.39, 0.29) is 29.2 Å². The number of amides is 4. The molecule has 0 radical (unpaired) electrons. The molecule has 1 saturated heterocycles. The number of rotatable bonds is 3. The van der Waals surface area contributed by atoms with Crippen LogP contribution in [0.4, 0.5) is 4.79 Å². The third kappa shape index (κ3) is 3.05. The van der Waals surface area contributed by atoms with Crippen molar-refractivity contribution < 1.29 is 24.6 Å². The number of carbonyl (C=O) groups is 3. The molecule has 0 atom stereocenters. The largest absolute Gasteiger partial charge is 0.504 e. The van der Waals surface area contributed by atoms with Crippen LogP contribution < -0.4 is 0 Å². The summed E-state index contributed by atoms with van der Waals surface area (Å²) in [6.07, 6.45) is 1.15. The first-order valence-electron chi connectivity index (χ1n) is 6.62. The molecular weight excluding hydrogens is 302 g/mol. The van der Waals surface area contributed by atoms with E-state index in [0.717, 1.165) is 15.9 Å². The van der Waals surface area contributed by atoms with Gasteiger partial charge in [-0.3, -0.25) is 19.4 Å². The molecule has 0 spiro atoms. The van der Waals surface area contributed by atoms with E-state index in [9.17, 15) is 24.6 Å². The number of nitrogens with one attached hydrogen (secondary N) is 1. The van der Waals surface area contributed by atoms with Crippen molar-refractivity contribution in [3.8, 4) is 11.5 Å². The number of aromatic hydroxyl groups is 2. The first-order chi connectivity index (χ1) is 10.7. The summed E-state index contributed by atoms with van der Waals surface area (Å²) in [5.41, 5.74) is 0.196. The van der Waals surface area contributed by atoms with Crippen molar-refractivity contribution in [1.82, 2.24) is 9.80 Å². The molecule has 8 heteroatoms. The molecule has 0 bridgehead atoms. The zero-order chi connectivity index (χ0) is 17.3. The monoisotopic (exact) mass is 317 g/mol. The molecule has 3 N–H and O–H groups in total. The Bertz CT molecular complexity index is 727. The smallest absolute Gasteiger partial charge is 0.333 e. The Hall–Kier alpha value is -3.16. The standard InChI is InChI=1S/C15H15N3O5/c1-17-13(21)10(14(22)18(2)15(17)23)7-9(16)5-8-3-4-11(19)12(20)6-8/h3-4,6-7,16,19-20H,5H2,1-2H3. The second-order valence-corrected chi connectivity index (χ2v) is 5.09. The van der Waals surface area contributed by atoms with Crippen LogP contribution >= 0.6 is 0 Å². The summed E-state index contributed by atoms with van der Waals surface area (Å²) in [4.78, 5) is 37.2. The highest BCUT2D eigenvalue weighted by Gasteiger charge is 2.37. The van der Waals surface area contributed by atoms with Gasteiger partial charge in [-0.2, -0.15) is 0 Å². The van der Waals surface area contributed by atoms with Crippen LogP contribution in [0.25, 0.3) is 0 Å². The highest BCUT2D eigenvalue weighted by Crippen LogP contribution is 2.25. The SMILES string of the molecule is CN1C(=O)C(=CC(=N)Cc2ccc(O)c(O)c2)C(=O)N(C)C1=O. The molecule has 1 aromatic rings. The summed E-state index contributed by atoms with van der Waals surface area (Å²) >= 11 is 0. The number of hydrogen-bond donors (Lipinski definition) is 3. The summed E-state index contributed by atoms with van der Waals surface area (Å²) in [7, 11) is 2.51. The summed E-state index contributed by atoms with van der Waals surface area (Å²) in [6.45, 7) is 0. The van der Waals surface area contributed by atoms with Gasteiger partial charge in [0.25, 0.3) is 11.8 Å². The van der Waals surface area contributed by atoms with E-state index in [1.165, 1.54) is 32.3 Å². The summed E-state index contributed by atoms with van der Waals surface area (Å²) in [5.74, 6) is -2.14. The fraction of sp³-hybridized carbons (Fsp3) is 0.200. The van der Waals surface area contributed by atoms with E-state index < -0.39 is 17.8 Å². The van der Waals surface area contributed by atoms with Crippen molar-refractivity contribution in [2.24, 2.45) is 0 Å². The molecule has 8 nitrogen and oxygen atoms in total. The molecule has 4 amide bonds. The Morgan fingerprint density at radius 2 is 1.65 bits per heavy atom. The second kappa shape index (κ2) is 5.91. The molecule has 1 aromatic carbocycles. The predicted octanol–water partition coefficient (Wildman–Crippen LogP) is 0.637. The first-order valence-corrected chi connectivity index (χ1v) is 6.62. The number of nitrogens with zero attached hydrogens (tertiary/aromatic N) is 2. The number of phenols is 2. The lowest BCUT2D eigenvalue weighted by atomic mass is 10.0. The maximum Gasteiger partial charge on any atom is 0.333 e. The van der Waals surface area contributed by atoms with Crippen molar-refractivity contribution in [3.05, 3.63) is 35.4 Å². The quantitative estimate of drug-likeness (QED) is 0.327. The Kier molecular flexibility index (Phi) is 4.17. The molecule has 23 heavy (non-hydrogen) atoms. The Labute approximate surface area is 131 Å². The lowest BCUT2D eigenvalue weighted by molar-refractivity contribution is -0.134. The predicted molar refractivity (Wildman–Crippen MR) is 80.2 cm³/mol. The van der Waals surface area contributed by atoms with Gasteiger partial charge in [-0.05, 0) is 23.8 Å². The average molecular weight is 317 g/mol. The molecule has 2 rings (SSSR count). The third-order valence-electron chi connectivity index (χ3n) is 3.40. The highest BCUT2D eigenvalue weighted by molar-refractivity contribution is 6.30. The van der Waals surface area contributed by atoms with E-state index in [1.54, 1.807) is 0 Å². The van der Waals surface area contributed by atoms with Gasteiger partial charge in [0.1, 0.15) is 5.57 Å². The van der Waals surface area contributed by atoms with Crippen molar-refractivity contribution in [2.45, 2.75) is 6.42 Å².